The molecule has 30 heteroatoms. The van der Waals surface area contributed by atoms with Gasteiger partial charge >= 0.3 is 89.5 Å². The summed E-state index contributed by atoms with van der Waals surface area (Å²) in [6, 6.07) is 0. The molecule has 16 aliphatic carbocycles. The molecule has 0 aromatic rings. The van der Waals surface area contributed by atoms with Crippen molar-refractivity contribution in [1.82, 2.24) is 0 Å². The second kappa shape index (κ2) is 41.2. The van der Waals surface area contributed by atoms with E-state index in [4.69, 9.17) is 71.1 Å². The van der Waals surface area contributed by atoms with Crippen molar-refractivity contribution < 1.29 is 143 Å². The van der Waals surface area contributed by atoms with E-state index in [9.17, 15) is 71.9 Å². The van der Waals surface area contributed by atoms with E-state index in [1.54, 1.807) is 0 Å². The smallest absolute Gasteiger partial charge is 0.312 e. The summed E-state index contributed by atoms with van der Waals surface area (Å²) in [5, 5.41) is 0. The average Bonchev–Trinajstić information content (AvgIpc) is 1.55. The fraction of sp³-hybridized carbons (Fsp3) is 0.864. The first-order valence-corrected chi connectivity index (χ1v) is 54.8. The van der Waals surface area contributed by atoms with E-state index in [1.165, 1.54) is 12.8 Å². The molecule has 22 aliphatic rings. The lowest BCUT2D eigenvalue weighted by Crippen LogP contribution is -2.47. The summed E-state index contributed by atoms with van der Waals surface area (Å²) >= 11 is 0. The maximum Gasteiger partial charge on any atom is 0.312 e. The number of esters is 15. The lowest BCUT2D eigenvalue weighted by atomic mass is 9.71. The van der Waals surface area contributed by atoms with E-state index in [1.807, 2.05) is 90.0 Å². The zero-order valence-electron chi connectivity index (χ0n) is 85.5. The standard InChI is InChI=1S/C23H32O6.2C21H30O6.3C15H22O4/c1-4-11(3)20(24)27-18-15-9-14-16(21(25)28-19(14)18)17(15)22(26)29-23(5-2)10-12-6-7-13(23)8-12;1-4-11(2)18(22)25-16-13-10-12-14(19(23)26-17(12)16)15(13)20(24)27-21(3)8-6-5-7-9-21;1-4-11(3)18(22)25-16-13-10-12-14(19(23)26-17(12)16)15(13)20(24)27-21(5-2)8-6-7-9-21;1-3-9(2)14(17)19-12-5-10-4-11(12)15(6-10)7-13(16)18-8-15;1-3-9(2)13(16)19-12-7-11-6-10(12)8-15(11)4-5-18-14(15)17;1-3-9(2)13(16)19-12-7-10-6-11(12)15(8-10)4-5-18-14(15)17/h11-19H,4-10H2,1-3H3;2*11-17H,4-10H2,1-3H3;3*9-12H,3-8H2,1-2H3. The Balaban J connectivity index is 0.000000117. The first-order chi connectivity index (χ1) is 66.8. The third-order valence-corrected chi connectivity index (χ3v) is 40.1. The molecule has 39 atom stereocenters. The van der Waals surface area contributed by atoms with E-state index in [2.05, 4.69) is 13.8 Å². The third-order valence-electron chi connectivity index (χ3n) is 40.1. The SMILES string of the molecule is CCC(C)C(=O)OC1C2CC3C1OC(=O)C3C2C(=O)OC1(C)CCCCC1.CCC(C)C(=O)OC1C2CC3C1OC(=O)C3C2C(=O)OC1(CC)CC2CCC1C2.CCC(C)C(=O)OC1C2CC3C1OC(=O)C3C2C(=O)OC1(CC)CCCC1.CCC(C)C(=O)OC1CC2CC1C1(CCOC1=O)C2.CCC(C)C(=O)OC1CC2CC1C1(COC(=O)C1)C2.CCC(C)C(=O)OC1CC2CC1CC21CCOC1=O. The molecule has 16 saturated carbocycles. The van der Waals surface area contributed by atoms with Gasteiger partial charge in [0, 0.05) is 52.8 Å². The normalized spacial score (nSPS) is 42.0. The quantitative estimate of drug-likeness (QED) is 0.0573. The van der Waals surface area contributed by atoms with E-state index < -0.39 is 77.7 Å². The monoisotopic (exact) mass is 1960 g/mol. The van der Waals surface area contributed by atoms with Gasteiger partial charge in [0.05, 0.1) is 108 Å². The number of ether oxygens (including phenoxy) is 15. The molecule has 0 N–H and O–H groups in total. The minimum atomic E-state index is -0.547. The van der Waals surface area contributed by atoms with E-state index in [0.29, 0.717) is 106 Å². The topological polar surface area (TPSA) is 394 Å². The molecule has 30 nitrogen and oxygen atoms in total. The van der Waals surface area contributed by atoms with Crippen molar-refractivity contribution in [2.75, 3.05) is 19.8 Å². The first kappa shape index (κ1) is 103. The first-order valence-electron chi connectivity index (χ1n) is 54.8. The summed E-state index contributed by atoms with van der Waals surface area (Å²) < 4.78 is 84.8. The predicted octanol–water partition coefficient (Wildman–Crippen LogP) is 16.2. The molecule has 0 radical (unpaired) electrons. The van der Waals surface area contributed by atoms with E-state index in [-0.39, 0.29) is 212 Å². The van der Waals surface area contributed by atoms with Crippen molar-refractivity contribution in [1.29, 1.82) is 0 Å². The highest BCUT2D eigenvalue weighted by molar-refractivity contribution is 5.89. The lowest BCUT2D eigenvalue weighted by molar-refractivity contribution is -0.181. The third kappa shape index (κ3) is 19.0. The van der Waals surface area contributed by atoms with Crippen LogP contribution < -0.4 is 0 Å². The summed E-state index contributed by atoms with van der Waals surface area (Å²) in [7, 11) is 0. The Kier molecular flexibility index (Phi) is 30.4. The van der Waals surface area contributed by atoms with Crippen LogP contribution in [0.1, 0.15) is 335 Å². The van der Waals surface area contributed by atoms with E-state index >= 15 is 0 Å². The van der Waals surface area contributed by atoms with Crippen LogP contribution in [0.15, 0.2) is 0 Å². The lowest BCUT2D eigenvalue weighted by Gasteiger charge is -2.39. The van der Waals surface area contributed by atoms with Gasteiger partial charge in [0.1, 0.15) is 71.7 Å². The van der Waals surface area contributed by atoms with Gasteiger partial charge in [-0.1, -0.05) is 103 Å². The van der Waals surface area contributed by atoms with Crippen molar-refractivity contribution in [2.24, 2.45) is 170 Å². The number of hydrogen-bond donors (Lipinski definition) is 0. The van der Waals surface area contributed by atoms with Gasteiger partial charge in [-0.2, -0.15) is 0 Å². The molecule has 22 rings (SSSR count). The second-order valence-electron chi connectivity index (χ2n) is 47.8. The molecule has 6 aliphatic heterocycles. The molecule has 22 fully saturated rings. The zero-order valence-corrected chi connectivity index (χ0v) is 85.5. The summed E-state index contributed by atoms with van der Waals surface area (Å²) in [6.45, 7) is 30.8. The Bertz CT molecular complexity index is 4680. The molecule has 0 aromatic heterocycles. The van der Waals surface area contributed by atoms with Gasteiger partial charge in [0.2, 0.25) is 0 Å². The Hall–Kier alpha value is -7.95. The molecule has 140 heavy (non-hydrogen) atoms. The van der Waals surface area contributed by atoms with Crippen LogP contribution >= 0.6 is 0 Å². The summed E-state index contributed by atoms with van der Waals surface area (Å²) in [6.07, 6.45) is 29.8. The molecule has 778 valence electrons. The highest BCUT2D eigenvalue weighted by atomic mass is 16.6. The number of carbonyl (C=O) groups is 15. The summed E-state index contributed by atoms with van der Waals surface area (Å²) in [5.74, 6) is -3.82. The average molecular weight is 1960 g/mol. The molecule has 0 amide bonds. The van der Waals surface area contributed by atoms with Crippen LogP contribution in [0.25, 0.3) is 0 Å². The predicted molar refractivity (Wildman–Crippen MR) is 498 cm³/mol. The molecule has 39 unspecified atom stereocenters. The summed E-state index contributed by atoms with van der Waals surface area (Å²) in [4.78, 5) is 185. The molecule has 0 aromatic carbocycles. The minimum Gasteiger partial charge on any atom is -0.465 e. The fourth-order valence-corrected chi connectivity index (χ4v) is 30.9. The van der Waals surface area contributed by atoms with Crippen LogP contribution in [0, 0.1) is 170 Å². The number of carbonyl (C=O) groups excluding carboxylic acids is 15. The van der Waals surface area contributed by atoms with Gasteiger partial charge in [-0.15, -0.1) is 0 Å². The van der Waals surface area contributed by atoms with E-state index in [0.717, 1.165) is 173 Å². The van der Waals surface area contributed by atoms with Crippen molar-refractivity contribution in [2.45, 2.75) is 407 Å². The van der Waals surface area contributed by atoms with Gasteiger partial charge in [-0.25, -0.2) is 0 Å². The van der Waals surface area contributed by atoms with Crippen LogP contribution in [0.4, 0.5) is 0 Å². The molecule has 6 saturated heterocycles. The molecule has 3 spiro atoms. The summed E-state index contributed by atoms with van der Waals surface area (Å²) in [5.41, 5.74) is -1.79. The number of hydrogen-bond acceptors (Lipinski definition) is 30. The maximum atomic E-state index is 13.4. The Morgan fingerprint density at radius 3 is 1.16 bits per heavy atom. The van der Waals surface area contributed by atoms with Gasteiger partial charge in [-0.05, 0) is 261 Å². The van der Waals surface area contributed by atoms with Crippen LogP contribution in [-0.4, -0.2) is 181 Å². The van der Waals surface area contributed by atoms with Crippen LogP contribution in [0.3, 0.4) is 0 Å². The highest BCUT2D eigenvalue weighted by Gasteiger charge is 2.75. The molecule has 14 bridgehead atoms. The number of fused-ring (bicyclic) bond motifs is 14. The van der Waals surface area contributed by atoms with Gasteiger partial charge in [0.25, 0.3) is 0 Å². The number of cyclic esters (lactones) is 3. The maximum absolute atomic E-state index is 13.4. The fourth-order valence-electron chi connectivity index (χ4n) is 30.9. The van der Waals surface area contributed by atoms with Gasteiger partial charge in [0.15, 0.2) is 0 Å². The van der Waals surface area contributed by atoms with Crippen LogP contribution in [0.5, 0.6) is 0 Å². The largest absolute Gasteiger partial charge is 0.465 e. The van der Waals surface area contributed by atoms with Crippen LogP contribution in [-0.2, 0) is 143 Å². The number of rotatable bonds is 26. The van der Waals surface area contributed by atoms with Crippen molar-refractivity contribution >= 4 is 89.5 Å². The minimum absolute atomic E-state index is 0.00768. The van der Waals surface area contributed by atoms with Crippen molar-refractivity contribution in [3.05, 3.63) is 0 Å². The zero-order chi connectivity index (χ0) is 100. The Morgan fingerprint density at radius 2 is 0.779 bits per heavy atom. The molecular formula is C110H158O30. The molecule has 6 heterocycles. The van der Waals surface area contributed by atoms with Crippen molar-refractivity contribution in [3.8, 4) is 0 Å². The highest BCUT2D eigenvalue weighted by Crippen LogP contribution is 2.67. The van der Waals surface area contributed by atoms with Gasteiger partial charge < -0.3 is 71.1 Å². The van der Waals surface area contributed by atoms with Gasteiger partial charge in [-0.3, -0.25) is 71.9 Å². The van der Waals surface area contributed by atoms with Crippen LogP contribution in [0.2, 0.25) is 0 Å². The Morgan fingerprint density at radius 1 is 0.364 bits per heavy atom. The second-order valence-corrected chi connectivity index (χ2v) is 47.8. The molecular weight excluding hydrogens is 1800 g/mol. The van der Waals surface area contributed by atoms with Crippen molar-refractivity contribution in [3.63, 3.8) is 0 Å². The Labute approximate surface area is 825 Å².